The van der Waals surface area contributed by atoms with Crippen molar-refractivity contribution in [1.29, 1.82) is 0 Å². The molecule has 3 rings (SSSR count). The number of nitrogen functional groups attached to an aromatic ring is 1. The maximum atomic E-state index is 5.95. The van der Waals surface area contributed by atoms with Crippen molar-refractivity contribution in [2.75, 3.05) is 5.73 Å². The Bertz CT molecular complexity index is 713. The number of nitrogens with zero attached hydrogens (tertiary/aromatic N) is 1. The molecule has 0 saturated heterocycles. The van der Waals surface area contributed by atoms with E-state index in [1.807, 2.05) is 37.3 Å². The van der Waals surface area contributed by atoms with E-state index < -0.39 is 0 Å². The molecule has 0 fully saturated rings. The number of furan rings is 1. The summed E-state index contributed by atoms with van der Waals surface area (Å²) in [6.45, 7) is 1.97. The molecule has 1 aromatic carbocycles. The van der Waals surface area contributed by atoms with Gasteiger partial charge in [0.15, 0.2) is 11.6 Å². The molecule has 0 saturated carbocycles. The summed E-state index contributed by atoms with van der Waals surface area (Å²) < 4.78 is 5.50. The van der Waals surface area contributed by atoms with E-state index in [-0.39, 0.29) is 0 Å². The van der Waals surface area contributed by atoms with E-state index in [0.717, 1.165) is 28.1 Å². The van der Waals surface area contributed by atoms with Crippen molar-refractivity contribution in [2.24, 2.45) is 0 Å². The van der Waals surface area contributed by atoms with Gasteiger partial charge in [-0.15, -0.1) is 0 Å². The van der Waals surface area contributed by atoms with Gasteiger partial charge in [-0.05, 0) is 36.2 Å². The van der Waals surface area contributed by atoms with Crippen molar-refractivity contribution in [3.05, 3.63) is 47.2 Å². The van der Waals surface area contributed by atoms with Crippen molar-refractivity contribution < 1.29 is 4.42 Å². The van der Waals surface area contributed by atoms with Crippen LogP contribution in [0.15, 0.2) is 41.0 Å². The Morgan fingerprint density at radius 3 is 2.58 bits per heavy atom. The molecule has 0 bridgehead atoms. The number of benzene rings is 1. The zero-order chi connectivity index (χ0) is 13.4. The van der Waals surface area contributed by atoms with Crippen LogP contribution in [0.5, 0.6) is 0 Å². The first-order valence-electron chi connectivity index (χ1n) is 5.81. The predicted octanol–water partition coefficient (Wildman–Crippen LogP) is 3.88. The molecule has 0 unspecified atom stereocenters. The first-order chi connectivity index (χ1) is 9.16. The minimum absolute atomic E-state index is 0.438. The predicted molar refractivity (Wildman–Crippen MR) is 75.9 cm³/mol. The van der Waals surface area contributed by atoms with Crippen LogP contribution in [0.1, 0.15) is 5.56 Å². The highest BCUT2D eigenvalue weighted by molar-refractivity contribution is 6.30. The molecule has 2 heterocycles. The van der Waals surface area contributed by atoms with E-state index in [2.05, 4.69) is 10.2 Å². The lowest BCUT2D eigenvalue weighted by Crippen LogP contribution is -1.88. The number of H-pyrrole nitrogens is 1. The van der Waals surface area contributed by atoms with Crippen molar-refractivity contribution in [1.82, 2.24) is 10.2 Å². The van der Waals surface area contributed by atoms with Gasteiger partial charge in [-0.1, -0.05) is 23.7 Å². The number of rotatable bonds is 2. The SMILES string of the molecule is Cc1ccoc1-c1[nH]nc(N)c1-c1ccc(Cl)cc1. The summed E-state index contributed by atoms with van der Waals surface area (Å²) >= 11 is 5.90. The largest absolute Gasteiger partial charge is 0.462 e. The molecule has 4 nitrogen and oxygen atoms in total. The fourth-order valence-corrected chi connectivity index (χ4v) is 2.18. The molecule has 0 spiro atoms. The third kappa shape index (κ3) is 2.00. The van der Waals surface area contributed by atoms with Crippen molar-refractivity contribution in [3.8, 4) is 22.6 Å². The number of hydrogen-bond acceptors (Lipinski definition) is 3. The average molecular weight is 274 g/mol. The summed E-state index contributed by atoms with van der Waals surface area (Å²) in [6.07, 6.45) is 1.65. The van der Waals surface area contributed by atoms with Crippen LogP contribution >= 0.6 is 11.6 Å². The number of aryl methyl sites for hydroxylation is 1. The van der Waals surface area contributed by atoms with Crippen LogP contribution < -0.4 is 5.73 Å². The third-order valence-corrected chi connectivity index (χ3v) is 3.27. The van der Waals surface area contributed by atoms with Gasteiger partial charge in [0.2, 0.25) is 0 Å². The van der Waals surface area contributed by atoms with Crippen LogP contribution in [0.2, 0.25) is 5.02 Å². The van der Waals surface area contributed by atoms with E-state index in [9.17, 15) is 0 Å². The average Bonchev–Trinajstić information content (AvgIpc) is 2.97. The van der Waals surface area contributed by atoms with E-state index in [1.165, 1.54) is 0 Å². The Hall–Kier alpha value is -2.20. The number of anilines is 1. The smallest absolute Gasteiger partial charge is 0.155 e. The van der Waals surface area contributed by atoms with Gasteiger partial charge in [0.05, 0.1) is 11.8 Å². The lowest BCUT2D eigenvalue weighted by molar-refractivity contribution is 0.578. The monoisotopic (exact) mass is 273 g/mol. The molecule has 0 aliphatic carbocycles. The van der Waals surface area contributed by atoms with Gasteiger partial charge in [0.1, 0.15) is 5.69 Å². The zero-order valence-electron chi connectivity index (χ0n) is 10.3. The molecule has 19 heavy (non-hydrogen) atoms. The molecule has 5 heteroatoms. The lowest BCUT2D eigenvalue weighted by Gasteiger charge is -2.03. The highest BCUT2D eigenvalue weighted by Crippen LogP contribution is 2.36. The zero-order valence-corrected chi connectivity index (χ0v) is 11.0. The minimum atomic E-state index is 0.438. The van der Waals surface area contributed by atoms with Crippen LogP contribution in [-0.4, -0.2) is 10.2 Å². The van der Waals surface area contributed by atoms with Crippen LogP contribution in [0.4, 0.5) is 5.82 Å². The minimum Gasteiger partial charge on any atom is -0.462 e. The second kappa shape index (κ2) is 4.48. The molecule has 0 amide bonds. The summed E-state index contributed by atoms with van der Waals surface area (Å²) in [5.74, 6) is 1.18. The standard InChI is InChI=1S/C14H12ClN3O/c1-8-6-7-19-13(8)12-11(14(16)18-17-12)9-2-4-10(15)5-3-9/h2-7H,1H3,(H3,16,17,18). The molecular weight excluding hydrogens is 262 g/mol. The lowest BCUT2D eigenvalue weighted by atomic mass is 10.0. The van der Waals surface area contributed by atoms with Gasteiger partial charge in [-0.2, -0.15) is 5.10 Å². The first-order valence-corrected chi connectivity index (χ1v) is 6.19. The Morgan fingerprint density at radius 1 is 1.21 bits per heavy atom. The number of halogens is 1. The Morgan fingerprint density at radius 2 is 1.95 bits per heavy atom. The fraction of sp³-hybridized carbons (Fsp3) is 0.0714. The van der Waals surface area contributed by atoms with Gasteiger partial charge < -0.3 is 10.2 Å². The van der Waals surface area contributed by atoms with Gasteiger partial charge in [0, 0.05) is 5.02 Å². The maximum absolute atomic E-state index is 5.95. The molecule has 0 atom stereocenters. The summed E-state index contributed by atoms with van der Waals surface area (Å²) in [5.41, 5.74) is 9.53. The quantitative estimate of drug-likeness (QED) is 0.744. The Balaban J connectivity index is 2.19. The van der Waals surface area contributed by atoms with Gasteiger partial charge in [-0.25, -0.2) is 0 Å². The van der Waals surface area contributed by atoms with E-state index in [4.69, 9.17) is 21.8 Å². The summed E-state index contributed by atoms with van der Waals surface area (Å²) in [6, 6.07) is 9.36. The molecule has 2 aromatic heterocycles. The number of nitrogens with one attached hydrogen (secondary N) is 1. The highest BCUT2D eigenvalue weighted by Gasteiger charge is 2.18. The molecule has 0 aliphatic rings. The van der Waals surface area contributed by atoms with Crippen LogP contribution in [0.25, 0.3) is 22.6 Å². The van der Waals surface area contributed by atoms with Gasteiger partial charge in [-0.3, -0.25) is 5.10 Å². The van der Waals surface area contributed by atoms with Gasteiger partial charge >= 0.3 is 0 Å². The van der Waals surface area contributed by atoms with Gasteiger partial charge in [0.25, 0.3) is 0 Å². The summed E-state index contributed by atoms with van der Waals surface area (Å²) in [4.78, 5) is 0. The van der Waals surface area contributed by atoms with Crippen LogP contribution in [0, 0.1) is 6.92 Å². The summed E-state index contributed by atoms with van der Waals surface area (Å²) in [5, 5.41) is 7.68. The molecule has 0 radical (unpaired) electrons. The fourth-order valence-electron chi connectivity index (χ4n) is 2.06. The number of aromatic amines is 1. The summed E-state index contributed by atoms with van der Waals surface area (Å²) in [7, 11) is 0. The number of aromatic nitrogens is 2. The number of hydrogen-bond donors (Lipinski definition) is 2. The molecule has 3 N–H and O–H groups in total. The van der Waals surface area contributed by atoms with Crippen LogP contribution in [0.3, 0.4) is 0 Å². The molecule has 3 aromatic rings. The topological polar surface area (TPSA) is 67.8 Å². The van der Waals surface area contributed by atoms with Crippen molar-refractivity contribution in [2.45, 2.75) is 6.92 Å². The first kappa shape index (κ1) is 11.9. The molecular formula is C14H12ClN3O. The third-order valence-electron chi connectivity index (χ3n) is 3.02. The van der Waals surface area contributed by atoms with E-state index in [1.54, 1.807) is 6.26 Å². The van der Waals surface area contributed by atoms with E-state index in [0.29, 0.717) is 10.8 Å². The second-order valence-corrected chi connectivity index (χ2v) is 4.73. The molecule has 96 valence electrons. The van der Waals surface area contributed by atoms with E-state index >= 15 is 0 Å². The maximum Gasteiger partial charge on any atom is 0.155 e. The normalized spacial score (nSPS) is 10.8. The Labute approximate surface area is 115 Å². The van der Waals surface area contributed by atoms with Crippen molar-refractivity contribution >= 4 is 17.4 Å². The highest BCUT2D eigenvalue weighted by atomic mass is 35.5. The van der Waals surface area contributed by atoms with Crippen molar-refractivity contribution in [3.63, 3.8) is 0 Å². The Kier molecular flexibility index (Phi) is 2.80. The second-order valence-electron chi connectivity index (χ2n) is 4.30. The number of nitrogens with two attached hydrogens (primary N) is 1. The van der Waals surface area contributed by atoms with Crippen LogP contribution in [-0.2, 0) is 0 Å². The molecule has 0 aliphatic heterocycles.